The van der Waals surface area contributed by atoms with Crippen LogP contribution in [0.15, 0.2) is 47.0 Å². The van der Waals surface area contributed by atoms with E-state index in [-0.39, 0.29) is 12.5 Å². The first-order valence-electron chi connectivity index (χ1n) is 9.75. The molecule has 0 fully saturated rings. The summed E-state index contributed by atoms with van der Waals surface area (Å²) in [6.07, 6.45) is -0.00508. The second-order valence-corrected chi connectivity index (χ2v) is 7.41. The van der Waals surface area contributed by atoms with Crippen LogP contribution in [0, 0.1) is 20.8 Å². The normalized spacial score (nSPS) is 11.9. The summed E-state index contributed by atoms with van der Waals surface area (Å²) in [5, 5.41) is 4.04. The molecule has 1 aromatic heterocycles. The number of likely N-dealkylation sites (N-methyl/N-ethyl adjacent to an activating group) is 1. The second-order valence-electron chi connectivity index (χ2n) is 7.41. The summed E-state index contributed by atoms with van der Waals surface area (Å²) in [6, 6.07) is 13.8. The van der Waals surface area contributed by atoms with E-state index in [1.54, 1.807) is 11.9 Å². The van der Waals surface area contributed by atoms with Crippen molar-refractivity contribution in [2.24, 2.45) is 0 Å². The Morgan fingerprint density at radius 3 is 2.48 bits per heavy atom. The van der Waals surface area contributed by atoms with Gasteiger partial charge in [-0.3, -0.25) is 4.79 Å². The average Bonchev–Trinajstić information content (AvgIpc) is 3.13. The highest BCUT2D eigenvalue weighted by molar-refractivity contribution is 5.81. The number of hydrogen-bond acceptors (Lipinski definition) is 5. The number of rotatable bonds is 7. The number of carbonyl (C=O) groups excluding carboxylic acids is 1. The third-order valence-electron chi connectivity index (χ3n) is 4.61. The Balaban J connectivity index is 1.67. The van der Waals surface area contributed by atoms with Crippen LogP contribution in [0.2, 0.25) is 0 Å². The number of hydrogen-bond donors (Lipinski definition) is 0. The standard InChI is InChI=1S/C23H27N3O3/c1-6-20(28-19-12-16(3)10-17(4)13-19)23(27)26(5)14-21-24-22(25-29-21)18-9-7-8-15(2)11-18/h7-13,20H,6,14H2,1-5H3/t20-/m1/s1. The van der Waals surface area contributed by atoms with Crippen molar-refractivity contribution < 1.29 is 14.1 Å². The quantitative estimate of drug-likeness (QED) is 0.592. The molecule has 0 aliphatic rings. The van der Waals surface area contributed by atoms with Gasteiger partial charge in [0.1, 0.15) is 5.75 Å². The van der Waals surface area contributed by atoms with Crippen molar-refractivity contribution in [2.45, 2.75) is 46.8 Å². The van der Waals surface area contributed by atoms with Gasteiger partial charge in [-0.2, -0.15) is 4.98 Å². The van der Waals surface area contributed by atoms with Crippen LogP contribution >= 0.6 is 0 Å². The van der Waals surface area contributed by atoms with E-state index in [0.29, 0.717) is 23.9 Å². The molecule has 152 valence electrons. The molecule has 0 spiro atoms. The summed E-state index contributed by atoms with van der Waals surface area (Å²) in [4.78, 5) is 18.9. The summed E-state index contributed by atoms with van der Waals surface area (Å²) in [5.74, 6) is 1.49. The van der Waals surface area contributed by atoms with Gasteiger partial charge in [0.2, 0.25) is 11.7 Å². The van der Waals surface area contributed by atoms with E-state index in [0.717, 1.165) is 22.3 Å². The van der Waals surface area contributed by atoms with Crippen molar-refractivity contribution in [1.29, 1.82) is 0 Å². The van der Waals surface area contributed by atoms with Crippen LogP contribution in [0.25, 0.3) is 11.4 Å². The molecular formula is C23H27N3O3. The van der Waals surface area contributed by atoms with E-state index >= 15 is 0 Å². The fourth-order valence-electron chi connectivity index (χ4n) is 3.22. The van der Waals surface area contributed by atoms with Crippen LogP contribution in [-0.2, 0) is 11.3 Å². The zero-order chi connectivity index (χ0) is 21.0. The molecule has 0 saturated carbocycles. The smallest absolute Gasteiger partial charge is 0.263 e. The lowest BCUT2D eigenvalue weighted by atomic mass is 10.1. The van der Waals surface area contributed by atoms with Gasteiger partial charge in [0.25, 0.3) is 5.91 Å². The first-order chi connectivity index (χ1) is 13.9. The fraction of sp³-hybridized carbons (Fsp3) is 0.348. The summed E-state index contributed by atoms with van der Waals surface area (Å²) < 4.78 is 11.3. The van der Waals surface area contributed by atoms with Crippen LogP contribution in [0.3, 0.4) is 0 Å². The first-order valence-corrected chi connectivity index (χ1v) is 9.75. The Morgan fingerprint density at radius 1 is 1.10 bits per heavy atom. The molecule has 3 aromatic rings. The molecule has 6 heteroatoms. The number of amides is 1. The Kier molecular flexibility index (Phi) is 6.32. The molecular weight excluding hydrogens is 366 g/mol. The zero-order valence-electron chi connectivity index (χ0n) is 17.6. The Morgan fingerprint density at radius 2 is 1.83 bits per heavy atom. The molecule has 0 unspecified atom stereocenters. The molecule has 1 amide bonds. The topological polar surface area (TPSA) is 68.5 Å². The second kappa shape index (κ2) is 8.90. The molecule has 1 heterocycles. The van der Waals surface area contributed by atoms with Gasteiger partial charge in [0.15, 0.2) is 6.10 Å². The van der Waals surface area contributed by atoms with E-state index in [9.17, 15) is 4.79 Å². The van der Waals surface area contributed by atoms with Gasteiger partial charge in [0, 0.05) is 12.6 Å². The molecule has 1 atom stereocenters. The van der Waals surface area contributed by atoms with Gasteiger partial charge in [-0.1, -0.05) is 41.9 Å². The van der Waals surface area contributed by atoms with Crippen molar-refractivity contribution in [2.75, 3.05) is 7.05 Å². The van der Waals surface area contributed by atoms with Crippen molar-refractivity contribution in [1.82, 2.24) is 15.0 Å². The maximum atomic E-state index is 12.9. The Labute approximate surface area is 171 Å². The minimum Gasteiger partial charge on any atom is -0.481 e. The maximum Gasteiger partial charge on any atom is 0.263 e. The van der Waals surface area contributed by atoms with Gasteiger partial charge < -0.3 is 14.2 Å². The zero-order valence-corrected chi connectivity index (χ0v) is 17.6. The predicted molar refractivity (Wildman–Crippen MR) is 112 cm³/mol. The summed E-state index contributed by atoms with van der Waals surface area (Å²) in [7, 11) is 1.71. The number of benzene rings is 2. The molecule has 0 saturated heterocycles. The lowest BCUT2D eigenvalue weighted by molar-refractivity contribution is -0.138. The number of ether oxygens (including phenoxy) is 1. The molecule has 0 aliphatic carbocycles. The maximum absolute atomic E-state index is 12.9. The van der Waals surface area contributed by atoms with Gasteiger partial charge in [-0.15, -0.1) is 0 Å². The molecule has 0 N–H and O–H groups in total. The molecule has 0 aliphatic heterocycles. The molecule has 29 heavy (non-hydrogen) atoms. The van der Waals surface area contributed by atoms with E-state index in [1.807, 2.05) is 64.1 Å². The summed E-state index contributed by atoms with van der Waals surface area (Å²) in [5.41, 5.74) is 4.21. The lowest BCUT2D eigenvalue weighted by Gasteiger charge is -2.23. The van der Waals surface area contributed by atoms with E-state index in [1.165, 1.54) is 0 Å². The van der Waals surface area contributed by atoms with Crippen LogP contribution in [0.1, 0.15) is 35.9 Å². The monoisotopic (exact) mass is 393 g/mol. The number of carbonyl (C=O) groups is 1. The highest BCUT2D eigenvalue weighted by atomic mass is 16.5. The van der Waals surface area contributed by atoms with Crippen molar-refractivity contribution >= 4 is 5.91 Å². The molecule has 3 rings (SSSR count). The van der Waals surface area contributed by atoms with Crippen LogP contribution in [-0.4, -0.2) is 34.1 Å². The SMILES string of the molecule is CC[C@@H](Oc1cc(C)cc(C)c1)C(=O)N(C)Cc1nc(-c2cccc(C)c2)no1. The van der Waals surface area contributed by atoms with Gasteiger partial charge in [-0.05, 0) is 56.5 Å². The van der Waals surface area contributed by atoms with Crippen LogP contribution in [0.4, 0.5) is 0 Å². The molecule has 0 radical (unpaired) electrons. The fourth-order valence-corrected chi connectivity index (χ4v) is 3.22. The van der Waals surface area contributed by atoms with Crippen molar-refractivity contribution in [3.63, 3.8) is 0 Å². The minimum absolute atomic E-state index is 0.123. The van der Waals surface area contributed by atoms with Crippen molar-refractivity contribution in [3.8, 4) is 17.1 Å². The van der Waals surface area contributed by atoms with Crippen LogP contribution < -0.4 is 4.74 Å². The first kappa shape index (κ1) is 20.6. The van der Waals surface area contributed by atoms with Gasteiger partial charge in [0.05, 0.1) is 6.54 Å². The van der Waals surface area contributed by atoms with E-state index < -0.39 is 6.10 Å². The summed E-state index contributed by atoms with van der Waals surface area (Å²) in [6.45, 7) is 8.19. The minimum atomic E-state index is -0.569. The Hall–Kier alpha value is -3.15. The van der Waals surface area contributed by atoms with E-state index in [4.69, 9.17) is 9.26 Å². The number of aromatic nitrogens is 2. The predicted octanol–water partition coefficient (Wildman–Crippen LogP) is 4.48. The highest BCUT2D eigenvalue weighted by Crippen LogP contribution is 2.20. The average molecular weight is 393 g/mol. The van der Waals surface area contributed by atoms with Gasteiger partial charge in [-0.25, -0.2) is 0 Å². The highest BCUT2D eigenvalue weighted by Gasteiger charge is 2.24. The molecule has 0 bridgehead atoms. The van der Waals surface area contributed by atoms with Crippen molar-refractivity contribution in [3.05, 3.63) is 65.0 Å². The lowest BCUT2D eigenvalue weighted by Crippen LogP contribution is -2.39. The molecule has 6 nitrogen and oxygen atoms in total. The number of aryl methyl sites for hydroxylation is 3. The third-order valence-corrected chi connectivity index (χ3v) is 4.61. The van der Waals surface area contributed by atoms with Gasteiger partial charge >= 0.3 is 0 Å². The Bertz CT molecular complexity index is 976. The summed E-state index contributed by atoms with van der Waals surface area (Å²) >= 11 is 0. The molecule has 2 aromatic carbocycles. The van der Waals surface area contributed by atoms with E-state index in [2.05, 4.69) is 16.2 Å². The third kappa shape index (κ3) is 5.22. The number of nitrogens with zero attached hydrogens (tertiary/aromatic N) is 3. The largest absolute Gasteiger partial charge is 0.481 e. The van der Waals surface area contributed by atoms with Crippen LogP contribution in [0.5, 0.6) is 5.75 Å².